The van der Waals surface area contributed by atoms with Crippen molar-refractivity contribution in [1.82, 2.24) is 0 Å². The van der Waals surface area contributed by atoms with E-state index in [0.717, 1.165) is 12.0 Å². The molecule has 0 aromatic heterocycles. The molecule has 0 spiro atoms. The van der Waals surface area contributed by atoms with Crippen LogP contribution in [0.3, 0.4) is 0 Å². The van der Waals surface area contributed by atoms with E-state index in [4.69, 9.17) is 5.73 Å². The fourth-order valence-corrected chi connectivity index (χ4v) is 0.975. The highest BCUT2D eigenvalue weighted by atomic mass is 16.1. The summed E-state index contributed by atoms with van der Waals surface area (Å²) in [6.45, 7) is 11.6. The largest absolute Gasteiger partial charge is 0.321 e. The van der Waals surface area contributed by atoms with Crippen LogP contribution < -0.4 is 5.73 Å². The Balaban J connectivity index is 4.05. The molecule has 0 rings (SSSR count). The van der Waals surface area contributed by atoms with Gasteiger partial charge in [0, 0.05) is 6.42 Å². The summed E-state index contributed by atoms with van der Waals surface area (Å²) in [5, 5.41) is 0. The third-order valence-electron chi connectivity index (χ3n) is 2.08. The number of Topliss-reactive ketones (excluding diaryl/α,β-unsaturated/α-hetero) is 1. The van der Waals surface area contributed by atoms with Gasteiger partial charge in [0.1, 0.15) is 5.78 Å². The average molecular weight is 183 g/mol. The molecule has 0 fully saturated rings. The van der Waals surface area contributed by atoms with Crippen LogP contribution in [0.1, 0.15) is 40.5 Å². The minimum atomic E-state index is -0.355. The summed E-state index contributed by atoms with van der Waals surface area (Å²) in [5.41, 5.74) is 6.71. The van der Waals surface area contributed by atoms with E-state index in [1.54, 1.807) is 0 Å². The van der Waals surface area contributed by atoms with Crippen molar-refractivity contribution in [3.63, 3.8) is 0 Å². The van der Waals surface area contributed by atoms with Crippen molar-refractivity contribution in [2.24, 2.45) is 11.1 Å². The van der Waals surface area contributed by atoms with E-state index in [1.807, 2.05) is 27.7 Å². The molecule has 13 heavy (non-hydrogen) atoms. The predicted molar refractivity (Wildman–Crippen MR) is 56.5 cm³/mol. The van der Waals surface area contributed by atoms with Crippen LogP contribution >= 0.6 is 0 Å². The summed E-state index contributed by atoms with van der Waals surface area (Å²) in [4.78, 5) is 11.5. The lowest BCUT2D eigenvalue weighted by molar-refractivity contribution is -0.122. The number of nitrogens with two attached hydrogens (primary N) is 1. The quantitative estimate of drug-likeness (QED) is 0.679. The van der Waals surface area contributed by atoms with E-state index >= 15 is 0 Å². The molecule has 0 aromatic rings. The second-order valence-electron chi connectivity index (χ2n) is 4.77. The van der Waals surface area contributed by atoms with Crippen molar-refractivity contribution in [3.8, 4) is 0 Å². The van der Waals surface area contributed by atoms with Gasteiger partial charge in [0.2, 0.25) is 0 Å². The van der Waals surface area contributed by atoms with Gasteiger partial charge in [0.15, 0.2) is 0 Å². The smallest absolute Gasteiger partial charge is 0.150 e. The molecule has 0 saturated carbocycles. The number of hydrogen-bond donors (Lipinski definition) is 1. The zero-order valence-corrected chi connectivity index (χ0v) is 9.18. The molecule has 1 unspecified atom stereocenters. The highest BCUT2D eigenvalue weighted by Gasteiger charge is 2.26. The second kappa shape index (κ2) is 4.56. The fraction of sp³-hybridized carbons (Fsp3) is 0.727. The third-order valence-corrected chi connectivity index (χ3v) is 2.08. The molecule has 0 aliphatic carbocycles. The molecule has 0 bridgehead atoms. The van der Waals surface area contributed by atoms with Crippen LogP contribution in [0.25, 0.3) is 0 Å². The van der Waals surface area contributed by atoms with Crippen LogP contribution in [0.2, 0.25) is 0 Å². The Morgan fingerprint density at radius 2 is 1.85 bits per heavy atom. The monoisotopic (exact) mass is 183 g/mol. The van der Waals surface area contributed by atoms with Crippen molar-refractivity contribution >= 4 is 5.78 Å². The lowest BCUT2D eigenvalue weighted by atomic mass is 9.83. The molecular weight excluding hydrogens is 162 g/mol. The standard InChI is InChI=1S/C11H21NO/c1-8(2)6-7-9(13)10(12)11(3,4)5/h10H,1,6-7,12H2,2-5H3. The Hall–Kier alpha value is -0.630. The maximum Gasteiger partial charge on any atom is 0.150 e. The van der Waals surface area contributed by atoms with Gasteiger partial charge in [0.25, 0.3) is 0 Å². The average Bonchev–Trinajstić information content (AvgIpc) is 1.96. The Bertz CT molecular complexity index is 201. The predicted octanol–water partition coefficient (Wildman–Crippen LogP) is 2.29. The lowest BCUT2D eigenvalue weighted by Crippen LogP contribution is -2.42. The Kier molecular flexibility index (Phi) is 4.34. The molecule has 76 valence electrons. The zero-order chi connectivity index (χ0) is 10.6. The van der Waals surface area contributed by atoms with Crippen molar-refractivity contribution in [3.05, 3.63) is 12.2 Å². The summed E-state index contributed by atoms with van der Waals surface area (Å²) >= 11 is 0. The van der Waals surface area contributed by atoms with Gasteiger partial charge in [-0.2, -0.15) is 0 Å². The summed E-state index contributed by atoms with van der Waals surface area (Å²) < 4.78 is 0. The lowest BCUT2D eigenvalue weighted by Gasteiger charge is -2.25. The van der Waals surface area contributed by atoms with Crippen molar-refractivity contribution in [2.75, 3.05) is 0 Å². The van der Waals surface area contributed by atoms with Crippen molar-refractivity contribution < 1.29 is 4.79 Å². The van der Waals surface area contributed by atoms with Crippen LogP contribution in [-0.4, -0.2) is 11.8 Å². The molecule has 2 N–H and O–H groups in total. The number of carbonyl (C=O) groups is 1. The Morgan fingerprint density at radius 3 is 2.15 bits per heavy atom. The summed E-state index contributed by atoms with van der Waals surface area (Å²) in [7, 11) is 0. The van der Waals surface area contributed by atoms with Gasteiger partial charge < -0.3 is 5.73 Å². The highest BCUT2D eigenvalue weighted by molar-refractivity contribution is 5.84. The van der Waals surface area contributed by atoms with Gasteiger partial charge in [-0.05, 0) is 18.8 Å². The van der Waals surface area contributed by atoms with Gasteiger partial charge >= 0.3 is 0 Å². The maximum absolute atomic E-state index is 11.5. The number of carbonyl (C=O) groups excluding carboxylic acids is 1. The van der Waals surface area contributed by atoms with Crippen molar-refractivity contribution in [2.45, 2.75) is 46.6 Å². The van der Waals surface area contributed by atoms with Gasteiger partial charge in [-0.1, -0.05) is 26.3 Å². The van der Waals surface area contributed by atoms with Gasteiger partial charge in [-0.15, -0.1) is 6.58 Å². The first-order valence-corrected chi connectivity index (χ1v) is 4.68. The molecule has 0 aliphatic heterocycles. The topological polar surface area (TPSA) is 43.1 Å². The van der Waals surface area contributed by atoms with Crippen LogP contribution in [0, 0.1) is 5.41 Å². The van der Waals surface area contributed by atoms with E-state index < -0.39 is 0 Å². The first kappa shape index (κ1) is 12.4. The first-order valence-electron chi connectivity index (χ1n) is 4.68. The van der Waals surface area contributed by atoms with Gasteiger partial charge in [-0.25, -0.2) is 0 Å². The van der Waals surface area contributed by atoms with Crippen LogP contribution in [0.5, 0.6) is 0 Å². The number of allylic oxidation sites excluding steroid dienone is 1. The number of hydrogen-bond acceptors (Lipinski definition) is 2. The zero-order valence-electron chi connectivity index (χ0n) is 9.18. The minimum Gasteiger partial charge on any atom is -0.321 e. The van der Waals surface area contributed by atoms with Crippen LogP contribution in [0.4, 0.5) is 0 Å². The van der Waals surface area contributed by atoms with E-state index in [2.05, 4.69) is 6.58 Å². The van der Waals surface area contributed by atoms with Gasteiger partial charge in [0.05, 0.1) is 6.04 Å². The van der Waals surface area contributed by atoms with Crippen LogP contribution in [-0.2, 0) is 4.79 Å². The van der Waals surface area contributed by atoms with Crippen molar-refractivity contribution in [1.29, 1.82) is 0 Å². The van der Waals surface area contributed by atoms with E-state index in [1.165, 1.54) is 0 Å². The molecular formula is C11H21NO. The molecule has 0 aliphatic rings. The molecule has 0 amide bonds. The molecule has 0 saturated heterocycles. The fourth-order valence-electron chi connectivity index (χ4n) is 0.975. The van der Waals surface area contributed by atoms with Crippen LogP contribution in [0.15, 0.2) is 12.2 Å². The Labute approximate surface area is 81.2 Å². The highest BCUT2D eigenvalue weighted by Crippen LogP contribution is 2.19. The minimum absolute atomic E-state index is 0.133. The normalized spacial score (nSPS) is 13.9. The van der Waals surface area contributed by atoms with E-state index in [-0.39, 0.29) is 17.2 Å². The molecule has 1 atom stereocenters. The van der Waals surface area contributed by atoms with E-state index in [0.29, 0.717) is 6.42 Å². The molecule has 0 radical (unpaired) electrons. The Morgan fingerprint density at radius 1 is 1.38 bits per heavy atom. The SMILES string of the molecule is C=C(C)CCC(=O)C(N)C(C)(C)C. The molecule has 2 nitrogen and oxygen atoms in total. The molecule has 0 heterocycles. The number of rotatable bonds is 4. The second-order valence-corrected chi connectivity index (χ2v) is 4.77. The number of ketones is 1. The molecule has 2 heteroatoms. The third kappa shape index (κ3) is 4.83. The summed E-state index contributed by atoms with van der Waals surface area (Å²) in [6.07, 6.45) is 1.27. The molecule has 0 aromatic carbocycles. The maximum atomic E-state index is 11.5. The van der Waals surface area contributed by atoms with Gasteiger partial charge in [-0.3, -0.25) is 4.79 Å². The van der Waals surface area contributed by atoms with E-state index in [9.17, 15) is 4.79 Å². The summed E-state index contributed by atoms with van der Waals surface area (Å²) in [6, 6.07) is -0.355. The summed E-state index contributed by atoms with van der Waals surface area (Å²) in [5.74, 6) is 0.135. The first-order chi connectivity index (χ1) is 5.75.